The van der Waals surface area contributed by atoms with Gasteiger partial charge in [0.05, 0.1) is 13.3 Å². The summed E-state index contributed by atoms with van der Waals surface area (Å²) in [5.74, 6) is 2.42. The Bertz CT molecular complexity index is 740. The number of hydrogen-bond donors (Lipinski definition) is 2. The molecule has 0 aliphatic heterocycles. The van der Waals surface area contributed by atoms with Gasteiger partial charge in [-0.05, 0) is 61.4 Å². The van der Waals surface area contributed by atoms with Gasteiger partial charge in [0.1, 0.15) is 17.4 Å². The van der Waals surface area contributed by atoms with Crippen molar-refractivity contribution in [2.45, 2.75) is 37.6 Å². The Morgan fingerprint density at radius 2 is 2.00 bits per heavy atom. The molecule has 0 atom stereocenters. The Balaban J connectivity index is 1.52. The third-order valence-electron chi connectivity index (χ3n) is 4.83. The van der Waals surface area contributed by atoms with Crippen molar-refractivity contribution >= 4 is 11.8 Å². The fourth-order valence-electron chi connectivity index (χ4n) is 3.38. The number of anilines is 1. The molecule has 1 aliphatic carbocycles. The summed E-state index contributed by atoms with van der Waals surface area (Å²) in [5, 5.41) is 6.66. The predicted octanol–water partition coefficient (Wildman–Crippen LogP) is 3.94. The minimum Gasteiger partial charge on any atom is -0.495 e. The molecule has 1 heterocycles. The van der Waals surface area contributed by atoms with Gasteiger partial charge in [-0.25, -0.2) is 9.37 Å². The predicted molar refractivity (Wildman–Crippen MR) is 102 cm³/mol. The number of ether oxygens (including phenoxy) is 1. The van der Waals surface area contributed by atoms with Gasteiger partial charge in [0.2, 0.25) is 0 Å². The standard InChI is InChI=1S/C20H25FN4O/c1-22-20(25-19-11-10-18(26-2)13-23-19)24-17-8-6-14(7-9-17)15-4-3-5-16(21)12-15/h3-5,10-14,17H,6-9H2,1-2H3,(H2,22,23,24,25). The molecule has 1 aromatic heterocycles. The lowest BCUT2D eigenvalue weighted by Crippen LogP contribution is -2.41. The summed E-state index contributed by atoms with van der Waals surface area (Å²) in [6.45, 7) is 0. The maximum atomic E-state index is 13.4. The van der Waals surface area contributed by atoms with E-state index in [-0.39, 0.29) is 5.82 Å². The van der Waals surface area contributed by atoms with Crippen LogP contribution in [0.2, 0.25) is 0 Å². The molecule has 5 nitrogen and oxygen atoms in total. The average molecular weight is 356 g/mol. The quantitative estimate of drug-likeness (QED) is 0.643. The van der Waals surface area contributed by atoms with Crippen LogP contribution in [0.3, 0.4) is 0 Å². The van der Waals surface area contributed by atoms with Gasteiger partial charge in [-0.1, -0.05) is 12.1 Å². The molecule has 1 saturated carbocycles. The summed E-state index contributed by atoms with van der Waals surface area (Å²) in [6, 6.07) is 11.0. The summed E-state index contributed by atoms with van der Waals surface area (Å²) < 4.78 is 18.5. The molecule has 0 unspecified atom stereocenters. The van der Waals surface area contributed by atoms with Crippen molar-refractivity contribution < 1.29 is 9.13 Å². The van der Waals surface area contributed by atoms with Gasteiger partial charge in [-0.15, -0.1) is 0 Å². The maximum Gasteiger partial charge on any atom is 0.196 e. The molecule has 0 amide bonds. The van der Waals surface area contributed by atoms with Crippen LogP contribution < -0.4 is 15.4 Å². The first-order valence-corrected chi connectivity index (χ1v) is 8.94. The number of guanidine groups is 1. The second-order valence-corrected chi connectivity index (χ2v) is 6.53. The largest absolute Gasteiger partial charge is 0.495 e. The van der Waals surface area contributed by atoms with Crippen LogP contribution in [0.4, 0.5) is 10.2 Å². The van der Waals surface area contributed by atoms with Crippen molar-refractivity contribution in [3.63, 3.8) is 0 Å². The van der Waals surface area contributed by atoms with Crippen LogP contribution in [0.25, 0.3) is 0 Å². The Hall–Kier alpha value is -2.63. The third-order valence-corrected chi connectivity index (χ3v) is 4.83. The van der Waals surface area contributed by atoms with Gasteiger partial charge in [0.15, 0.2) is 5.96 Å². The highest BCUT2D eigenvalue weighted by Gasteiger charge is 2.23. The van der Waals surface area contributed by atoms with Crippen molar-refractivity contribution in [3.8, 4) is 5.75 Å². The van der Waals surface area contributed by atoms with Crippen LogP contribution in [-0.4, -0.2) is 31.1 Å². The number of nitrogens with one attached hydrogen (secondary N) is 2. The van der Waals surface area contributed by atoms with E-state index < -0.39 is 0 Å². The second kappa shape index (κ2) is 8.65. The number of halogens is 1. The highest BCUT2D eigenvalue weighted by Crippen LogP contribution is 2.33. The number of pyridine rings is 1. The molecule has 0 saturated heterocycles. The molecule has 1 aliphatic rings. The number of aliphatic imine (C=N–C) groups is 1. The lowest BCUT2D eigenvalue weighted by molar-refractivity contribution is 0.373. The van der Waals surface area contributed by atoms with Crippen LogP contribution in [0, 0.1) is 5.82 Å². The number of aromatic nitrogens is 1. The first kappa shape index (κ1) is 18.2. The topological polar surface area (TPSA) is 58.5 Å². The highest BCUT2D eigenvalue weighted by molar-refractivity contribution is 5.92. The average Bonchev–Trinajstić information content (AvgIpc) is 2.68. The molecular weight excluding hydrogens is 331 g/mol. The van der Waals surface area contributed by atoms with E-state index in [1.54, 1.807) is 32.5 Å². The zero-order valence-electron chi connectivity index (χ0n) is 15.2. The van der Waals surface area contributed by atoms with Crippen molar-refractivity contribution in [1.29, 1.82) is 0 Å². The lowest BCUT2D eigenvalue weighted by Gasteiger charge is -2.30. The first-order valence-electron chi connectivity index (χ1n) is 8.94. The molecule has 0 spiro atoms. The van der Waals surface area contributed by atoms with E-state index in [0.717, 1.165) is 31.2 Å². The molecule has 6 heteroatoms. The zero-order valence-corrected chi connectivity index (χ0v) is 15.2. The zero-order chi connectivity index (χ0) is 18.4. The number of nitrogens with zero attached hydrogens (tertiary/aromatic N) is 2. The summed E-state index contributed by atoms with van der Waals surface area (Å²) >= 11 is 0. The lowest BCUT2D eigenvalue weighted by atomic mass is 9.82. The van der Waals surface area contributed by atoms with Crippen molar-refractivity contribution in [2.75, 3.05) is 19.5 Å². The second-order valence-electron chi connectivity index (χ2n) is 6.53. The molecule has 26 heavy (non-hydrogen) atoms. The van der Waals surface area contributed by atoms with Crippen LogP contribution >= 0.6 is 0 Å². The van der Waals surface area contributed by atoms with E-state index in [1.807, 2.05) is 18.2 Å². The van der Waals surface area contributed by atoms with Crippen LogP contribution in [0.1, 0.15) is 37.2 Å². The molecular formula is C20H25FN4O. The normalized spacial score (nSPS) is 20.5. The Labute approximate surface area is 153 Å². The maximum absolute atomic E-state index is 13.4. The van der Waals surface area contributed by atoms with E-state index in [0.29, 0.717) is 29.5 Å². The molecule has 0 bridgehead atoms. The number of methoxy groups -OCH3 is 1. The van der Waals surface area contributed by atoms with Gasteiger partial charge in [0, 0.05) is 13.1 Å². The monoisotopic (exact) mass is 356 g/mol. The first-order chi connectivity index (χ1) is 12.7. The third kappa shape index (κ3) is 4.71. The fourth-order valence-corrected chi connectivity index (χ4v) is 3.38. The molecule has 3 rings (SSSR count). The van der Waals surface area contributed by atoms with Crippen molar-refractivity contribution in [2.24, 2.45) is 4.99 Å². The van der Waals surface area contributed by atoms with E-state index in [4.69, 9.17) is 4.74 Å². The number of hydrogen-bond acceptors (Lipinski definition) is 3. The van der Waals surface area contributed by atoms with Crippen molar-refractivity contribution in [3.05, 3.63) is 54.0 Å². The molecule has 0 radical (unpaired) electrons. The molecule has 1 aromatic carbocycles. The van der Waals surface area contributed by atoms with Gasteiger partial charge in [0.25, 0.3) is 0 Å². The summed E-state index contributed by atoms with van der Waals surface area (Å²) in [5.41, 5.74) is 1.10. The van der Waals surface area contributed by atoms with E-state index in [2.05, 4.69) is 20.6 Å². The molecule has 1 fully saturated rings. The van der Waals surface area contributed by atoms with Gasteiger partial charge < -0.3 is 15.4 Å². The minimum atomic E-state index is -0.153. The van der Waals surface area contributed by atoms with E-state index in [9.17, 15) is 4.39 Å². The molecule has 2 N–H and O–H groups in total. The Morgan fingerprint density at radius 3 is 2.62 bits per heavy atom. The van der Waals surface area contributed by atoms with Crippen LogP contribution in [-0.2, 0) is 0 Å². The van der Waals surface area contributed by atoms with Crippen LogP contribution in [0.15, 0.2) is 47.6 Å². The summed E-state index contributed by atoms with van der Waals surface area (Å²) in [6.07, 6.45) is 5.80. The number of benzene rings is 1. The summed E-state index contributed by atoms with van der Waals surface area (Å²) in [7, 11) is 3.36. The smallest absolute Gasteiger partial charge is 0.196 e. The summed E-state index contributed by atoms with van der Waals surface area (Å²) in [4.78, 5) is 8.58. The van der Waals surface area contributed by atoms with E-state index in [1.165, 1.54) is 6.07 Å². The van der Waals surface area contributed by atoms with Gasteiger partial charge in [-0.2, -0.15) is 0 Å². The minimum absolute atomic E-state index is 0.153. The number of rotatable bonds is 4. The van der Waals surface area contributed by atoms with Crippen molar-refractivity contribution in [1.82, 2.24) is 10.3 Å². The molecule has 138 valence electrons. The van der Waals surface area contributed by atoms with Gasteiger partial charge in [-0.3, -0.25) is 4.99 Å². The van der Waals surface area contributed by atoms with E-state index >= 15 is 0 Å². The fraction of sp³-hybridized carbons (Fsp3) is 0.400. The highest BCUT2D eigenvalue weighted by atomic mass is 19.1. The Morgan fingerprint density at radius 1 is 1.19 bits per heavy atom. The molecule has 2 aromatic rings. The van der Waals surface area contributed by atoms with Gasteiger partial charge >= 0.3 is 0 Å². The SMILES string of the molecule is C/N=C(\Nc1ccc(OC)cn1)NC1CCC(c2cccc(F)c2)CC1. The van der Waals surface area contributed by atoms with Crippen LogP contribution in [0.5, 0.6) is 5.75 Å². The Kier molecular flexibility index (Phi) is 6.04.